The number of para-hydroxylation sites is 1. The van der Waals surface area contributed by atoms with Crippen molar-refractivity contribution in [2.45, 2.75) is 32.6 Å². The van der Waals surface area contributed by atoms with Crippen molar-refractivity contribution in [3.8, 4) is 5.75 Å². The summed E-state index contributed by atoms with van der Waals surface area (Å²) in [6.45, 7) is 2.17. The number of unbranched alkanes of at least 4 members (excludes halogenated alkanes) is 2. The van der Waals surface area contributed by atoms with Gasteiger partial charge in [-0.1, -0.05) is 31.9 Å². The van der Waals surface area contributed by atoms with Crippen molar-refractivity contribution in [3.05, 3.63) is 29.3 Å². The minimum absolute atomic E-state index is 0.348. The fraction of sp³-hybridized carbons (Fsp3) is 0.500. The molecule has 0 aliphatic heterocycles. The first-order valence-electron chi connectivity index (χ1n) is 5.98. The molecule has 0 saturated carbocycles. The van der Waals surface area contributed by atoms with Crippen molar-refractivity contribution in [1.29, 1.82) is 0 Å². The highest BCUT2D eigenvalue weighted by atomic mass is 16.5. The maximum absolute atomic E-state index is 11.6. The third-order valence-corrected chi connectivity index (χ3v) is 2.76. The molecule has 94 valence electrons. The Bertz CT molecular complexity index is 372. The van der Waals surface area contributed by atoms with E-state index in [-0.39, 0.29) is 5.97 Å². The third-order valence-electron chi connectivity index (χ3n) is 2.76. The quantitative estimate of drug-likeness (QED) is 0.562. The molecule has 0 aliphatic rings. The van der Waals surface area contributed by atoms with Crippen LogP contribution in [0.15, 0.2) is 18.2 Å². The van der Waals surface area contributed by atoms with Gasteiger partial charge in [-0.3, -0.25) is 0 Å². The molecular formula is C14H20O3. The summed E-state index contributed by atoms with van der Waals surface area (Å²) in [5.41, 5.74) is 1.58. The van der Waals surface area contributed by atoms with Gasteiger partial charge in [-0.2, -0.15) is 0 Å². The molecule has 0 radical (unpaired) electrons. The molecule has 0 aliphatic carbocycles. The van der Waals surface area contributed by atoms with Gasteiger partial charge in [0.15, 0.2) is 0 Å². The standard InChI is InChI=1S/C14H20O3/c1-4-5-6-8-11-9-7-10-12(13(11)16-2)14(15)17-3/h7,9-10H,4-6,8H2,1-3H3. The van der Waals surface area contributed by atoms with Crippen molar-refractivity contribution in [2.24, 2.45) is 0 Å². The van der Waals surface area contributed by atoms with E-state index in [1.54, 1.807) is 13.2 Å². The van der Waals surface area contributed by atoms with Crippen LogP contribution in [0.1, 0.15) is 42.1 Å². The summed E-state index contributed by atoms with van der Waals surface area (Å²) in [6.07, 6.45) is 4.41. The number of benzene rings is 1. The van der Waals surface area contributed by atoms with Crippen LogP contribution in [0.5, 0.6) is 5.75 Å². The second-order valence-corrected chi connectivity index (χ2v) is 3.95. The van der Waals surface area contributed by atoms with Crippen molar-refractivity contribution in [3.63, 3.8) is 0 Å². The molecule has 0 atom stereocenters. The van der Waals surface area contributed by atoms with E-state index < -0.39 is 0 Å². The second kappa shape index (κ2) is 6.94. The summed E-state index contributed by atoms with van der Waals surface area (Å²) < 4.78 is 10.1. The Labute approximate surface area is 103 Å². The van der Waals surface area contributed by atoms with Gasteiger partial charge in [0.1, 0.15) is 11.3 Å². The highest BCUT2D eigenvalue weighted by Gasteiger charge is 2.15. The molecule has 0 unspecified atom stereocenters. The van der Waals surface area contributed by atoms with Crippen LogP contribution in [0, 0.1) is 0 Å². The zero-order valence-electron chi connectivity index (χ0n) is 10.8. The van der Waals surface area contributed by atoms with Crippen molar-refractivity contribution in [2.75, 3.05) is 14.2 Å². The summed E-state index contributed by atoms with van der Waals surface area (Å²) in [7, 11) is 2.97. The van der Waals surface area contributed by atoms with E-state index in [4.69, 9.17) is 9.47 Å². The Balaban J connectivity index is 2.93. The minimum atomic E-state index is -0.348. The number of rotatable bonds is 6. The zero-order valence-corrected chi connectivity index (χ0v) is 10.8. The average Bonchev–Trinajstić information content (AvgIpc) is 2.37. The van der Waals surface area contributed by atoms with Crippen LogP contribution in [0.4, 0.5) is 0 Å². The number of aryl methyl sites for hydroxylation is 1. The molecule has 1 aromatic rings. The lowest BCUT2D eigenvalue weighted by Crippen LogP contribution is -2.06. The smallest absolute Gasteiger partial charge is 0.341 e. The Hall–Kier alpha value is -1.51. The monoisotopic (exact) mass is 236 g/mol. The lowest BCUT2D eigenvalue weighted by Gasteiger charge is -2.12. The van der Waals surface area contributed by atoms with Crippen LogP contribution in [0.2, 0.25) is 0 Å². The van der Waals surface area contributed by atoms with Crippen molar-refractivity contribution < 1.29 is 14.3 Å². The molecule has 0 amide bonds. The van der Waals surface area contributed by atoms with Gasteiger partial charge >= 0.3 is 5.97 Å². The predicted octanol–water partition coefficient (Wildman–Crippen LogP) is 3.21. The van der Waals surface area contributed by atoms with Gasteiger partial charge in [-0.05, 0) is 24.5 Å². The third kappa shape index (κ3) is 3.48. The number of ether oxygens (including phenoxy) is 2. The number of hydrogen-bond donors (Lipinski definition) is 0. The molecular weight excluding hydrogens is 216 g/mol. The second-order valence-electron chi connectivity index (χ2n) is 3.95. The summed E-state index contributed by atoms with van der Waals surface area (Å²) in [6, 6.07) is 5.60. The number of methoxy groups -OCH3 is 2. The topological polar surface area (TPSA) is 35.5 Å². The van der Waals surface area contributed by atoms with E-state index in [0.29, 0.717) is 11.3 Å². The Morgan fingerprint density at radius 1 is 1.24 bits per heavy atom. The van der Waals surface area contributed by atoms with Crippen LogP contribution in [-0.4, -0.2) is 20.2 Å². The Morgan fingerprint density at radius 2 is 2.00 bits per heavy atom. The predicted molar refractivity (Wildman–Crippen MR) is 67.6 cm³/mol. The first-order chi connectivity index (χ1) is 8.24. The van der Waals surface area contributed by atoms with Crippen LogP contribution in [-0.2, 0) is 11.2 Å². The summed E-state index contributed by atoms with van der Waals surface area (Å²) in [5.74, 6) is 0.301. The molecule has 3 nitrogen and oxygen atoms in total. The molecule has 0 aromatic heterocycles. The lowest BCUT2D eigenvalue weighted by molar-refractivity contribution is 0.0597. The van der Waals surface area contributed by atoms with Gasteiger partial charge in [-0.25, -0.2) is 4.79 Å². The first kappa shape index (κ1) is 13.6. The van der Waals surface area contributed by atoms with Gasteiger partial charge in [-0.15, -0.1) is 0 Å². The number of carbonyl (C=O) groups excluding carboxylic acids is 1. The van der Waals surface area contributed by atoms with Crippen molar-refractivity contribution >= 4 is 5.97 Å². The fourth-order valence-corrected chi connectivity index (χ4v) is 1.86. The van der Waals surface area contributed by atoms with Gasteiger partial charge in [0.2, 0.25) is 0 Å². The first-order valence-corrected chi connectivity index (χ1v) is 5.98. The van der Waals surface area contributed by atoms with Crippen LogP contribution in [0.25, 0.3) is 0 Å². The molecule has 3 heteroatoms. The summed E-state index contributed by atoms with van der Waals surface area (Å²) in [4.78, 5) is 11.6. The highest BCUT2D eigenvalue weighted by Crippen LogP contribution is 2.26. The average molecular weight is 236 g/mol. The van der Waals surface area contributed by atoms with E-state index in [0.717, 1.165) is 18.4 Å². The zero-order chi connectivity index (χ0) is 12.7. The van der Waals surface area contributed by atoms with E-state index in [1.807, 2.05) is 12.1 Å². The maximum Gasteiger partial charge on any atom is 0.341 e. The van der Waals surface area contributed by atoms with Crippen molar-refractivity contribution in [1.82, 2.24) is 0 Å². The normalized spacial score (nSPS) is 10.1. The molecule has 0 spiro atoms. The number of esters is 1. The SMILES string of the molecule is CCCCCc1cccc(C(=O)OC)c1OC. The Kier molecular flexibility index (Phi) is 5.53. The molecule has 1 rings (SSSR count). The molecule has 17 heavy (non-hydrogen) atoms. The Morgan fingerprint density at radius 3 is 2.59 bits per heavy atom. The van der Waals surface area contributed by atoms with E-state index in [1.165, 1.54) is 20.0 Å². The molecule has 0 fully saturated rings. The summed E-state index contributed by atoms with van der Waals surface area (Å²) in [5, 5.41) is 0. The van der Waals surface area contributed by atoms with E-state index in [2.05, 4.69) is 6.92 Å². The van der Waals surface area contributed by atoms with Gasteiger partial charge in [0.25, 0.3) is 0 Å². The number of carbonyl (C=O) groups is 1. The van der Waals surface area contributed by atoms with Crippen LogP contribution < -0.4 is 4.74 Å². The molecule has 1 aromatic carbocycles. The largest absolute Gasteiger partial charge is 0.496 e. The highest BCUT2D eigenvalue weighted by molar-refractivity contribution is 5.92. The fourth-order valence-electron chi connectivity index (χ4n) is 1.86. The molecule has 0 N–H and O–H groups in total. The van der Waals surface area contributed by atoms with Crippen LogP contribution in [0.3, 0.4) is 0 Å². The lowest BCUT2D eigenvalue weighted by atomic mass is 10.0. The molecule has 0 heterocycles. The van der Waals surface area contributed by atoms with Gasteiger partial charge < -0.3 is 9.47 Å². The van der Waals surface area contributed by atoms with Crippen LogP contribution >= 0.6 is 0 Å². The van der Waals surface area contributed by atoms with Gasteiger partial charge in [0.05, 0.1) is 14.2 Å². The van der Waals surface area contributed by atoms with E-state index in [9.17, 15) is 4.79 Å². The molecule has 0 bridgehead atoms. The number of hydrogen-bond acceptors (Lipinski definition) is 3. The van der Waals surface area contributed by atoms with E-state index >= 15 is 0 Å². The minimum Gasteiger partial charge on any atom is -0.496 e. The maximum atomic E-state index is 11.6. The van der Waals surface area contributed by atoms with Gasteiger partial charge in [0, 0.05) is 0 Å². The summed E-state index contributed by atoms with van der Waals surface area (Å²) >= 11 is 0. The molecule has 0 saturated heterocycles.